The quantitative estimate of drug-likeness (QED) is 0.329. The molecule has 2 aromatic heterocycles. The summed E-state index contributed by atoms with van der Waals surface area (Å²) >= 11 is 10.3. The van der Waals surface area contributed by atoms with Gasteiger partial charge in [0.1, 0.15) is 5.76 Å². The highest BCUT2D eigenvalue weighted by molar-refractivity contribution is 8.03. The highest BCUT2D eigenvalue weighted by Gasteiger charge is 2.08. The SMILES string of the molecule is O=C(CSc1nnc(SCc2ccc(Cl)cc2)s1)NN=Cc1ccco1. The molecule has 0 aliphatic carbocycles. The Morgan fingerprint density at radius 3 is 2.73 bits per heavy atom. The molecule has 0 aliphatic rings. The van der Waals surface area contributed by atoms with Crippen LogP contribution in [-0.4, -0.2) is 28.1 Å². The van der Waals surface area contributed by atoms with Crippen molar-refractivity contribution in [3.63, 3.8) is 0 Å². The highest BCUT2D eigenvalue weighted by atomic mass is 35.5. The van der Waals surface area contributed by atoms with Crippen LogP contribution in [0.25, 0.3) is 0 Å². The molecule has 134 valence electrons. The number of rotatable bonds is 8. The summed E-state index contributed by atoms with van der Waals surface area (Å²) in [7, 11) is 0. The van der Waals surface area contributed by atoms with Gasteiger partial charge in [0.25, 0.3) is 5.91 Å². The van der Waals surface area contributed by atoms with Gasteiger partial charge in [0.2, 0.25) is 0 Å². The summed E-state index contributed by atoms with van der Waals surface area (Å²) in [6.45, 7) is 0. The molecular weight excluding hydrogens is 412 g/mol. The van der Waals surface area contributed by atoms with Crippen molar-refractivity contribution >= 4 is 58.6 Å². The van der Waals surface area contributed by atoms with Gasteiger partial charge in [-0.15, -0.1) is 10.2 Å². The number of aromatic nitrogens is 2. The minimum atomic E-state index is -0.219. The fraction of sp³-hybridized carbons (Fsp3) is 0.125. The van der Waals surface area contributed by atoms with Crippen LogP contribution < -0.4 is 5.43 Å². The molecule has 10 heteroatoms. The molecule has 6 nitrogen and oxygen atoms in total. The van der Waals surface area contributed by atoms with Gasteiger partial charge in [0.15, 0.2) is 8.68 Å². The zero-order valence-corrected chi connectivity index (χ0v) is 16.5. The minimum absolute atomic E-state index is 0.214. The third kappa shape index (κ3) is 6.17. The molecule has 1 aromatic carbocycles. The Kier molecular flexibility index (Phi) is 7.13. The van der Waals surface area contributed by atoms with E-state index in [-0.39, 0.29) is 11.7 Å². The molecule has 2 heterocycles. The molecule has 0 aliphatic heterocycles. The van der Waals surface area contributed by atoms with Crippen molar-refractivity contribution in [2.24, 2.45) is 5.10 Å². The Morgan fingerprint density at radius 2 is 2.00 bits per heavy atom. The molecule has 0 bridgehead atoms. The maximum absolute atomic E-state index is 11.8. The zero-order valence-electron chi connectivity index (χ0n) is 13.3. The predicted molar refractivity (Wildman–Crippen MR) is 106 cm³/mol. The molecule has 1 amide bonds. The summed E-state index contributed by atoms with van der Waals surface area (Å²) in [5.74, 6) is 1.36. The standard InChI is InChI=1S/C16H13ClN4O2S3/c17-12-5-3-11(4-6-12)9-24-15-20-21-16(26-15)25-10-14(22)19-18-8-13-2-1-7-23-13/h1-8H,9-10H2,(H,19,22). The number of thioether (sulfide) groups is 2. The van der Waals surface area contributed by atoms with Crippen molar-refractivity contribution in [1.82, 2.24) is 15.6 Å². The van der Waals surface area contributed by atoms with Gasteiger partial charge in [-0.3, -0.25) is 4.79 Å². The third-order valence-electron chi connectivity index (χ3n) is 2.91. The van der Waals surface area contributed by atoms with E-state index >= 15 is 0 Å². The van der Waals surface area contributed by atoms with Crippen LogP contribution >= 0.6 is 46.5 Å². The van der Waals surface area contributed by atoms with E-state index in [9.17, 15) is 4.79 Å². The van der Waals surface area contributed by atoms with Crippen molar-refractivity contribution in [1.29, 1.82) is 0 Å². The molecule has 3 aromatic rings. The van der Waals surface area contributed by atoms with Gasteiger partial charge in [0, 0.05) is 10.8 Å². The second-order valence-corrected chi connectivity index (χ2v) is 8.71. The topological polar surface area (TPSA) is 80.4 Å². The van der Waals surface area contributed by atoms with Crippen LogP contribution in [0.4, 0.5) is 0 Å². The lowest BCUT2D eigenvalue weighted by Gasteiger charge is -1.98. The lowest BCUT2D eigenvalue weighted by Crippen LogP contribution is -2.19. The Morgan fingerprint density at radius 1 is 1.23 bits per heavy atom. The predicted octanol–water partition coefficient (Wildman–Crippen LogP) is 4.32. The van der Waals surface area contributed by atoms with Crippen molar-refractivity contribution in [2.75, 3.05) is 5.75 Å². The molecule has 1 N–H and O–H groups in total. The lowest BCUT2D eigenvalue weighted by molar-refractivity contribution is -0.118. The first kappa shape index (κ1) is 19.0. The van der Waals surface area contributed by atoms with Crippen molar-refractivity contribution < 1.29 is 9.21 Å². The first-order valence-corrected chi connectivity index (χ1v) is 10.5. The number of benzene rings is 1. The maximum Gasteiger partial charge on any atom is 0.250 e. The molecule has 3 rings (SSSR count). The fourth-order valence-electron chi connectivity index (χ4n) is 1.73. The van der Waals surface area contributed by atoms with E-state index in [1.807, 2.05) is 24.3 Å². The number of nitrogens with zero attached hydrogens (tertiary/aromatic N) is 3. The molecule has 0 unspecified atom stereocenters. The molecule has 0 saturated heterocycles. The number of halogens is 1. The molecule has 0 saturated carbocycles. The second-order valence-electron chi connectivity index (χ2n) is 4.85. The third-order valence-corrected chi connectivity index (χ3v) is 6.43. The molecule has 0 fully saturated rings. The number of amides is 1. The van der Waals surface area contributed by atoms with Crippen LogP contribution in [0.1, 0.15) is 11.3 Å². The van der Waals surface area contributed by atoms with E-state index in [1.54, 1.807) is 23.9 Å². The summed E-state index contributed by atoms with van der Waals surface area (Å²) < 4.78 is 6.68. The smallest absolute Gasteiger partial charge is 0.250 e. The van der Waals surface area contributed by atoms with Crippen molar-refractivity contribution in [3.05, 3.63) is 59.0 Å². The monoisotopic (exact) mass is 424 g/mol. The van der Waals surface area contributed by atoms with Gasteiger partial charge in [-0.2, -0.15) is 5.10 Å². The summed E-state index contributed by atoms with van der Waals surface area (Å²) in [4.78, 5) is 11.8. The Hall–Kier alpha value is -1.81. The minimum Gasteiger partial charge on any atom is -0.463 e. The largest absolute Gasteiger partial charge is 0.463 e. The van der Waals surface area contributed by atoms with Crippen LogP contribution in [0.2, 0.25) is 5.02 Å². The molecule has 0 spiro atoms. The number of hydrogen-bond acceptors (Lipinski definition) is 8. The van der Waals surface area contributed by atoms with Crippen LogP contribution in [0.5, 0.6) is 0 Å². The van der Waals surface area contributed by atoms with E-state index in [0.29, 0.717) is 5.76 Å². The molecule has 0 atom stereocenters. The number of hydrogen-bond donors (Lipinski definition) is 1. The zero-order chi connectivity index (χ0) is 18.2. The first-order valence-electron chi connectivity index (χ1n) is 7.38. The second kappa shape index (κ2) is 9.77. The normalized spacial score (nSPS) is 11.1. The summed E-state index contributed by atoms with van der Waals surface area (Å²) in [6, 6.07) is 11.2. The maximum atomic E-state index is 11.8. The number of carbonyl (C=O) groups is 1. The average molecular weight is 425 g/mol. The first-order chi connectivity index (χ1) is 12.7. The molecule has 0 radical (unpaired) electrons. The van der Waals surface area contributed by atoms with E-state index in [2.05, 4.69) is 20.7 Å². The van der Waals surface area contributed by atoms with Gasteiger partial charge in [0.05, 0.1) is 18.2 Å². The Labute approximate surface area is 167 Å². The van der Waals surface area contributed by atoms with Gasteiger partial charge in [-0.05, 0) is 29.8 Å². The fourth-order valence-corrected chi connectivity index (χ4v) is 4.63. The van der Waals surface area contributed by atoms with E-state index in [4.69, 9.17) is 16.0 Å². The van der Waals surface area contributed by atoms with E-state index < -0.39 is 0 Å². The van der Waals surface area contributed by atoms with Crippen molar-refractivity contribution in [2.45, 2.75) is 14.4 Å². The van der Waals surface area contributed by atoms with Crippen LogP contribution in [-0.2, 0) is 10.5 Å². The number of furan rings is 1. The Bertz CT molecular complexity index is 866. The van der Waals surface area contributed by atoms with Gasteiger partial charge in [-0.25, -0.2) is 5.43 Å². The van der Waals surface area contributed by atoms with Crippen LogP contribution in [0, 0.1) is 0 Å². The molecule has 26 heavy (non-hydrogen) atoms. The van der Waals surface area contributed by atoms with Gasteiger partial charge in [-0.1, -0.05) is 58.6 Å². The summed E-state index contributed by atoms with van der Waals surface area (Å²) in [6.07, 6.45) is 2.98. The summed E-state index contributed by atoms with van der Waals surface area (Å²) in [5.41, 5.74) is 3.60. The number of nitrogens with one attached hydrogen (secondary N) is 1. The van der Waals surface area contributed by atoms with E-state index in [0.717, 1.165) is 25.0 Å². The Balaban J connectivity index is 1.40. The van der Waals surface area contributed by atoms with E-state index in [1.165, 1.54) is 35.6 Å². The van der Waals surface area contributed by atoms with Gasteiger partial charge >= 0.3 is 0 Å². The van der Waals surface area contributed by atoms with Crippen molar-refractivity contribution in [3.8, 4) is 0 Å². The molecular formula is C16H13ClN4O2S3. The number of hydrazone groups is 1. The lowest BCUT2D eigenvalue weighted by atomic mass is 10.2. The average Bonchev–Trinajstić information content (AvgIpc) is 3.31. The van der Waals surface area contributed by atoms with Crippen LogP contribution in [0.15, 0.2) is 60.9 Å². The van der Waals surface area contributed by atoms with Gasteiger partial charge < -0.3 is 4.42 Å². The van der Waals surface area contributed by atoms with Crippen LogP contribution in [0.3, 0.4) is 0 Å². The number of carbonyl (C=O) groups excluding carboxylic acids is 1. The summed E-state index contributed by atoms with van der Waals surface area (Å²) in [5, 5.41) is 12.8. The highest BCUT2D eigenvalue weighted by Crippen LogP contribution is 2.30.